The van der Waals surface area contributed by atoms with Crippen LogP contribution in [0.25, 0.3) is 0 Å². The number of alkyl halides is 6. The molecule has 0 saturated heterocycles. The van der Waals surface area contributed by atoms with Crippen LogP contribution in [0.3, 0.4) is 0 Å². The van der Waals surface area contributed by atoms with E-state index in [1.165, 1.54) is 20.8 Å². The van der Waals surface area contributed by atoms with Gasteiger partial charge in [0.2, 0.25) is 0 Å². The standard InChI is InChI=1S/C19H20F6OS2/c1-7-9(3)27-11(5)13(7)15-16(14-8(2)10(4)28-12(14)6-26)18(22,23)19(24,25)17(15,20)21/h15-16,26H,6H2,1-5H3. The molecule has 0 radical (unpaired) electrons. The van der Waals surface area contributed by atoms with Crippen LogP contribution in [0.4, 0.5) is 26.3 Å². The van der Waals surface area contributed by atoms with E-state index < -0.39 is 36.2 Å². The van der Waals surface area contributed by atoms with Crippen LogP contribution >= 0.6 is 22.7 Å². The van der Waals surface area contributed by atoms with Crippen LogP contribution in [0.5, 0.6) is 0 Å². The van der Waals surface area contributed by atoms with Crippen LogP contribution in [0, 0.1) is 34.6 Å². The van der Waals surface area contributed by atoms with Gasteiger partial charge in [-0.2, -0.15) is 26.3 Å². The predicted molar refractivity (Wildman–Crippen MR) is 98.6 cm³/mol. The zero-order valence-corrected chi connectivity index (χ0v) is 17.5. The van der Waals surface area contributed by atoms with E-state index in [0.717, 1.165) is 22.7 Å². The minimum atomic E-state index is -5.51. The maximum Gasteiger partial charge on any atom is 0.373 e. The number of aliphatic hydroxyl groups excluding tert-OH is 1. The normalized spacial score (nSPS) is 25.4. The maximum atomic E-state index is 15.0. The molecule has 0 amide bonds. The van der Waals surface area contributed by atoms with E-state index >= 15 is 0 Å². The number of aliphatic hydroxyl groups is 1. The number of aryl methyl sites for hydroxylation is 3. The quantitative estimate of drug-likeness (QED) is 0.529. The SMILES string of the molecule is Cc1sc(C)c(C2C(c3c(CO)sc(C)c3C)C(F)(F)C(F)(F)C2(F)F)c1C. The molecule has 1 aliphatic rings. The van der Waals surface area contributed by atoms with Gasteiger partial charge in [0.15, 0.2) is 0 Å². The molecule has 2 heterocycles. The predicted octanol–water partition coefficient (Wildman–Crippen LogP) is 6.63. The third-order valence-corrected chi connectivity index (χ3v) is 8.19. The molecule has 3 rings (SSSR count). The first kappa shape index (κ1) is 21.6. The summed E-state index contributed by atoms with van der Waals surface area (Å²) in [6, 6.07) is 0. The number of hydrogen-bond acceptors (Lipinski definition) is 3. The van der Waals surface area contributed by atoms with Crippen molar-refractivity contribution in [2.24, 2.45) is 0 Å². The molecule has 2 aromatic heterocycles. The molecule has 1 N–H and O–H groups in total. The lowest BCUT2D eigenvalue weighted by Crippen LogP contribution is -2.48. The van der Waals surface area contributed by atoms with Gasteiger partial charge < -0.3 is 5.11 Å². The Balaban J connectivity index is 2.41. The Hall–Kier alpha value is -1.06. The fourth-order valence-electron chi connectivity index (χ4n) is 4.23. The smallest absolute Gasteiger partial charge is 0.373 e. The Morgan fingerprint density at radius 1 is 0.714 bits per heavy atom. The van der Waals surface area contributed by atoms with Gasteiger partial charge in [0.25, 0.3) is 0 Å². The molecule has 2 aromatic rings. The van der Waals surface area contributed by atoms with Gasteiger partial charge in [-0.25, -0.2) is 0 Å². The van der Waals surface area contributed by atoms with Gasteiger partial charge in [0, 0.05) is 19.5 Å². The first-order valence-corrected chi connectivity index (χ1v) is 10.2. The highest BCUT2D eigenvalue weighted by atomic mass is 32.1. The second kappa shape index (κ2) is 6.47. The van der Waals surface area contributed by atoms with Crippen LogP contribution in [0.1, 0.15) is 53.6 Å². The fraction of sp³-hybridized carbons (Fsp3) is 0.579. The third kappa shape index (κ3) is 2.55. The van der Waals surface area contributed by atoms with E-state index in [2.05, 4.69) is 0 Å². The average Bonchev–Trinajstić information content (AvgIpc) is 3.03. The van der Waals surface area contributed by atoms with Crippen LogP contribution in [-0.2, 0) is 6.61 Å². The molecule has 0 aromatic carbocycles. The second-order valence-electron chi connectivity index (χ2n) is 7.31. The van der Waals surface area contributed by atoms with E-state index in [1.807, 2.05) is 0 Å². The summed E-state index contributed by atoms with van der Waals surface area (Å²) in [6.45, 7) is 6.99. The van der Waals surface area contributed by atoms with Crippen molar-refractivity contribution in [2.45, 2.75) is 70.8 Å². The number of thiophene rings is 2. The minimum Gasteiger partial charge on any atom is -0.391 e. The van der Waals surface area contributed by atoms with Gasteiger partial charge in [-0.15, -0.1) is 22.7 Å². The molecule has 0 spiro atoms. The van der Waals surface area contributed by atoms with Gasteiger partial charge in [0.05, 0.1) is 18.4 Å². The highest BCUT2D eigenvalue weighted by Gasteiger charge is 2.85. The summed E-state index contributed by atoms with van der Waals surface area (Å²) in [5, 5.41) is 9.61. The lowest BCUT2D eigenvalue weighted by molar-refractivity contribution is -0.275. The first-order valence-electron chi connectivity index (χ1n) is 8.61. The summed E-state index contributed by atoms with van der Waals surface area (Å²) in [7, 11) is 0. The Morgan fingerprint density at radius 3 is 1.57 bits per heavy atom. The Kier molecular flexibility index (Phi) is 5.00. The average molecular weight is 442 g/mol. The molecule has 156 valence electrons. The topological polar surface area (TPSA) is 20.2 Å². The van der Waals surface area contributed by atoms with Crippen molar-refractivity contribution < 1.29 is 31.4 Å². The zero-order chi connectivity index (χ0) is 21.4. The molecule has 28 heavy (non-hydrogen) atoms. The highest BCUT2D eigenvalue weighted by molar-refractivity contribution is 7.12. The molecule has 1 saturated carbocycles. The molecule has 9 heteroatoms. The van der Waals surface area contributed by atoms with Crippen molar-refractivity contribution in [3.05, 3.63) is 41.8 Å². The van der Waals surface area contributed by atoms with Gasteiger partial charge in [-0.3, -0.25) is 0 Å². The van der Waals surface area contributed by atoms with Crippen LogP contribution in [-0.4, -0.2) is 22.9 Å². The molecular weight excluding hydrogens is 422 g/mol. The van der Waals surface area contributed by atoms with Crippen molar-refractivity contribution in [2.75, 3.05) is 0 Å². The van der Waals surface area contributed by atoms with Crippen molar-refractivity contribution in [1.29, 1.82) is 0 Å². The lowest BCUT2D eigenvalue weighted by atomic mass is 9.79. The largest absolute Gasteiger partial charge is 0.391 e. The fourth-order valence-corrected chi connectivity index (χ4v) is 6.43. The zero-order valence-electron chi connectivity index (χ0n) is 15.9. The summed E-state index contributed by atoms with van der Waals surface area (Å²) in [5.74, 6) is -20.3. The van der Waals surface area contributed by atoms with Gasteiger partial charge in [-0.05, 0) is 56.9 Å². The molecular formula is C19H20F6OS2. The summed E-state index contributed by atoms with van der Waals surface area (Å²) >= 11 is 2.10. The van der Waals surface area contributed by atoms with Crippen LogP contribution in [0.2, 0.25) is 0 Å². The van der Waals surface area contributed by atoms with E-state index in [9.17, 15) is 31.4 Å². The van der Waals surface area contributed by atoms with E-state index in [-0.39, 0.29) is 21.6 Å². The Labute approximate surface area is 167 Å². The van der Waals surface area contributed by atoms with E-state index in [0.29, 0.717) is 20.2 Å². The van der Waals surface area contributed by atoms with Crippen LogP contribution < -0.4 is 0 Å². The summed E-state index contributed by atoms with van der Waals surface area (Å²) in [6.07, 6.45) is 0. The molecule has 2 atom stereocenters. The second-order valence-corrected chi connectivity index (χ2v) is 10.0. The molecule has 1 nitrogen and oxygen atoms in total. The Morgan fingerprint density at radius 2 is 1.14 bits per heavy atom. The monoisotopic (exact) mass is 442 g/mol. The molecule has 0 aliphatic heterocycles. The summed E-state index contributed by atoms with van der Waals surface area (Å²) in [4.78, 5) is 1.51. The van der Waals surface area contributed by atoms with Crippen molar-refractivity contribution >= 4 is 22.7 Å². The maximum absolute atomic E-state index is 15.0. The van der Waals surface area contributed by atoms with Crippen molar-refractivity contribution in [1.82, 2.24) is 0 Å². The molecule has 1 aliphatic carbocycles. The molecule has 1 fully saturated rings. The number of rotatable bonds is 3. The minimum absolute atomic E-state index is 0.0282. The summed E-state index contributed by atoms with van der Waals surface area (Å²) in [5.41, 5.74) is 0.168. The highest BCUT2D eigenvalue weighted by Crippen LogP contribution is 2.70. The van der Waals surface area contributed by atoms with E-state index in [4.69, 9.17) is 0 Å². The van der Waals surface area contributed by atoms with Crippen molar-refractivity contribution in [3.63, 3.8) is 0 Å². The third-order valence-electron chi connectivity index (χ3n) is 5.84. The lowest BCUT2D eigenvalue weighted by Gasteiger charge is -2.27. The van der Waals surface area contributed by atoms with Gasteiger partial charge in [0.1, 0.15) is 0 Å². The number of hydrogen-bond donors (Lipinski definition) is 1. The molecule has 0 bridgehead atoms. The van der Waals surface area contributed by atoms with Crippen LogP contribution in [0.15, 0.2) is 0 Å². The number of halogens is 6. The van der Waals surface area contributed by atoms with Gasteiger partial charge in [-0.1, -0.05) is 0 Å². The van der Waals surface area contributed by atoms with Gasteiger partial charge >= 0.3 is 17.8 Å². The Bertz CT molecular complexity index is 927. The van der Waals surface area contributed by atoms with E-state index in [1.54, 1.807) is 13.8 Å². The summed E-state index contributed by atoms with van der Waals surface area (Å²) < 4.78 is 88.8. The van der Waals surface area contributed by atoms with Crippen molar-refractivity contribution in [3.8, 4) is 0 Å². The first-order chi connectivity index (χ1) is 12.7. The molecule has 2 unspecified atom stereocenters.